The van der Waals surface area contributed by atoms with E-state index < -0.39 is 4.92 Å². The molecule has 0 aliphatic carbocycles. The first-order valence-corrected chi connectivity index (χ1v) is 5.90. The van der Waals surface area contributed by atoms with Crippen LogP contribution in [-0.4, -0.2) is 25.5 Å². The van der Waals surface area contributed by atoms with Gasteiger partial charge in [-0.2, -0.15) is 0 Å². The monoisotopic (exact) mass is 261 g/mol. The minimum absolute atomic E-state index is 0.00204. The standard InChI is InChI=1S/C12H15N5O2/c1-9-3-4-11(17(18)19)12(14-9)15-10(2)7-16-6-5-13-8-16/h3-6,8,10H,7H2,1-2H3,(H,14,15). The molecule has 2 aromatic heterocycles. The average Bonchev–Trinajstić information content (AvgIpc) is 2.81. The van der Waals surface area contributed by atoms with Gasteiger partial charge < -0.3 is 9.88 Å². The minimum Gasteiger partial charge on any atom is -0.360 e. The molecule has 1 unspecified atom stereocenters. The summed E-state index contributed by atoms with van der Waals surface area (Å²) in [5.41, 5.74) is 0.728. The number of aromatic nitrogens is 3. The van der Waals surface area contributed by atoms with E-state index in [-0.39, 0.29) is 11.7 Å². The van der Waals surface area contributed by atoms with Gasteiger partial charge in [-0.15, -0.1) is 0 Å². The Morgan fingerprint density at radius 2 is 2.32 bits per heavy atom. The molecule has 0 saturated heterocycles. The van der Waals surface area contributed by atoms with Crippen molar-refractivity contribution in [2.75, 3.05) is 5.32 Å². The number of hydrogen-bond acceptors (Lipinski definition) is 5. The topological polar surface area (TPSA) is 85.9 Å². The van der Waals surface area contributed by atoms with E-state index in [1.54, 1.807) is 25.5 Å². The highest BCUT2D eigenvalue weighted by Crippen LogP contribution is 2.22. The first kappa shape index (κ1) is 13.0. The maximum Gasteiger partial charge on any atom is 0.311 e. The maximum atomic E-state index is 10.9. The predicted octanol–water partition coefficient (Wildman–Crippen LogP) is 2.00. The first-order valence-electron chi connectivity index (χ1n) is 5.90. The smallest absolute Gasteiger partial charge is 0.311 e. The summed E-state index contributed by atoms with van der Waals surface area (Å²) in [7, 11) is 0. The molecule has 0 bridgehead atoms. The highest BCUT2D eigenvalue weighted by Gasteiger charge is 2.17. The van der Waals surface area contributed by atoms with Crippen molar-refractivity contribution < 1.29 is 4.92 Å². The number of anilines is 1. The molecule has 0 radical (unpaired) electrons. The number of aryl methyl sites for hydroxylation is 1. The minimum atomic E-state index is -0.432. The molecule has 2 heterocycles. The van der Waals surface area contributed by atoms with E-state index in [4.69, 9.17) is 0 Å². The number of nitrogens with one attached hydrogen (secondary N) is 1. The number of rotatable bonds is 5. The van der Waals surface area contributed by atoms with Crippen molar-refractivity contribution in [3.63, 3.8) is 0 Å². The van der Waals surface area contributed by atoms with Crippen LogP contribution in [0.1, 0.15) is 12.6 Å². The lowest BCUT2D eigenvalue weighted by Crippen LogP contribution is -2.22. The third-order valence-electron chi connectivity index (χ3n) is 2.64. The van der Waals surface area contributed by atoms with Crippen molar-refractivity contribution in [1.29, 1.82) is 0 Å². The number of nitrogens with zero attached hydrogens (tertiary/aromatic N) is 4. The van der Waals surface area contributed by atoms with Gasteiger partial charge in [-0.05, 0) is 19.9 Å². The third kappa shape index (κ3) is 3.27. The molecular weight excluding hydrogens is 246 g/mol. The molecule has 2 rings (SSSR count). The number of hydrogen-bond donors (Lipinski definition) is 1. The molecule has 100 valence electrons. The average molecular weight is 261 g/mol. The maximum absolute atomic E-state index is 10.9. The summed E-state index contributed by atoms with van der Waals surface area (Å²) in [5, 5.41) is 14.0. The Kier molecular flexibility index (Phi) is 3.74. The molecular formula is C12H15N5O2. The van der Waals surface area contributed by atoms with E-state index in [0.29, 0.717) is 12.4 Å². The lowest BCUT2D eigenvalue weighted by atomic mass is 10.3. The van der Waals surface area contributed by atoms with Crippen LogP contribution in [0.15, 0.2) is 30.9 Å². The lowest BCUT2D eigenvalue weighted by molar-refractivity contribution is -0.384. The highest BCUT2D eigenvalue weighted by atomic mass is 16.6. The molecule has 0 aromatic carbocycles. The number of pyridine rings is 1. The van der Waals surface area contributed by atoms with Gasteiger partial charge in [0, 0.05) is 36.7 Å². The summed E-state index contributed by atoms with van der Waals surface area (Å²) in [6, 6.07) is 3.10. The molecule has 19 heavy (non-hydrogen) atoms. The van der Waals surface area contributed by atoms with Crippen LogP contribution in [-0.2, 0) is 6.54 Å². The van der Waals surface area contributed by atoms with Crippen molar-refractivity contribution in [3.8, 4) is 0 Å². The SMILES string of the molecule is Cc1ccc([N+](=O)[O-])c(NC(C)Cn2ccnc2)n1. The van der Waals surface area contributed by atoms with Gasteiger partial charge in [0.25, 0.3) is 0 Å². The fourth-order valence-electron chi connectivity index (χ4n) is 1.79. The highest BCUT2D eigenvalue weighted by molar-refractivity contribution is 5.56. The van der Waals surface area contributed by atoms with E-state index in [2.05, 4.69) is 15.3 Å². The van der Waals surface area contributed by atoms with Crippen LogP contribution in [0, 0.1) is 17.0 Å². The summed E-state index contributed by atoms with van der Waals surface area (Å²) in [6.07, 6.45) is 5.24. The van der Waals surface area contributed by atoms with Gasteiger partial charge in [-0.1, -0.05) is 0 Å². The Morgan fingerprint density at radius 1 is 1.53 bits per heavy atom. The van der Waals surface area contributed by atoms with Gasteiger partial charge in [0.05, 0.1) is 11.3 Å². The van der Waals surface area contributed by atoms with Crippen molar-refractivity contribution in [2.45, 2.75) is 26.4 Å². The second-order valence-corrected chi connectivity index (χ2v) is 4.38. The molecule has 1 N–H and O–H groups in total. The van der Waals surface area contributed by atoms with Gasteiger partial charge in [0.1, 0.15) is 0 Å². The molecule has 1 atom stereocenters. The van der Waals surface area contributed by atoms with Crippen LogP contribution in [0.3, 0.4) is 0 Å². The fourth-order valence-corrected chi connectivity index (χ4v) is 1.79. The summed E-state index contributed by atoms with van der Waals surface area (Å²) in [4.78, 5) is 18.6. The van der Waals surface area contributed by atoms with E-state index >= 15 is 0 Å². The number of nitro groups is 1. The molecule has 0 aliphatic heterocycles. The summed E-state index contributed by atoms with van der Waals surface area (Å²) < 4.78 is 1.90. The van der Waals surface area contributed by atoms with Gasteiger partial charge in [0.15, 0.2) is 0 Å². The van der Waals surface area contributed by atoms with E-state index in [1.165, 1.54) is 6.07 Å². The molecule has 0 fully saturated rings. The Labute approximate surface area is 110 Å². The van der Waals surface area contributed by atoms with Gasteiger partial charge >= 0.3 is 5.69 Å². The second kappa shape index (κ2) is 5.47. The third-order valence-corrected chi connectivity index (χ3v) is 2.64. The van der Waals surface area contributed by atoms with Crippen LogP contribution >= 0.6 is 0 Å². The van der Waals surface area contributed by atoms with Crippen molar-refractivity contribution >= 4 is 11.5 Å². The Balaban J connectivity index is 2.13. The first-order chi connectivity index (χ1) is 9.06. The molecule has 0 aliphatic rings. The van der Waals surface area contributed by atoms with E-state index in [1.807, 2.05) is 17.7 Å². The molecule has 0 saturated carbocycles. The number of imidazole rings is 1. The van der Waals surface area contributed by atoms with Crippen molar-refractivity contribution in [2.24, 2.45) is 0 Å². The van der Waals surface area contributed by atoms with Gasteiger partial charge in [-0.25, -0.2) is 9.97 Å². The van der Waals surface area contributed by atoms with Gasteiger partial charge in [0.2, 0.25) is 5.82 Å². The lowest BCUT2D eigenvalue weighted by Gasteiger charge is -2.15. The molecule has 0 amide bonds. The molecule has 0 spiro atoms. The van der Waals surface area contributed by atoms with Gasteiger partial charge in [-0.3, -0.25) is 10.1 Å². The van der Waals surface area contributed by atoms with Crippen molar-refractivity contribution in [1.82, 2.24) is 14.5 Å². The normalized spacial score (nSPS) is 12.1. The quantitative estimate of drug-likeness (QED) is 0.657. The van der Waals surface area contributed by atoms with Crippen molar-refractivity contribution in [3.05, 3.63) is 46.7 Å². The zero-order valence-electron chi connectivity index (χ0n) is 10.8. The Morgan fingerprint density at radius 3 is 2.95 bits per heavy atom. The zero-order valence-corrected chi connectivity index (χ0v) is 10.8. The van der Waals surface area contributed by atoms with Crippen LogP contribution in [0.2, 0.25) is 0 Å². The molecule has 2 aromatic rings. The molecule has 7 nitrogen and oxygen atoms in total. The Hall–Kier alpha value is -2.44. The van der Waals surface area contributed by atoms with Crippen LogP contribution in [0.25, 0.3) is 0 Å². The summed E-state index contributed by atoms with van der Waals surface area (Å²) >= 11 is 0. The van der Waals surface area contributed by atoms with Crippen LogP contribution in [0.4, 0.5) is 11.5 Å². The largest absolute Gasteiger partial charge is 0.360 e. The Bertz CT molecular complexity index is 568. The summed E-state index contributed by atoms with van der Waals surface area (Å²) in [6.45, 7) is 4.40. The van der Waals surface area contributed by atoms with E-state index in [0.717, 1.165) is 5.69 Å². The fraction of sp³-hybridized carbons (Fsp3) is 0.333. The predicted molar refractivity (Wildman–Crippen MR) is 70.9 cm³/mol. The molecule has 7 heteroatoms. The van der Waals surface area contributed by atoms with E-state index in [9.17, 15) is 10.1 Å². The second-order valence-electron chi connectivity index (χ2n) is 4.38. The zero-order chi connectivity index (χ0) is 13.8. The van der Waals surface area contributed by atoms with Crippen LogP contribution in [0.5, 0.6) is 0 Å². The summed E-state index contributed by atoms with van der Waals surface area (Å²) in [5.74, 6) is 0.303. The van der Waals surface area contributed by atoms with Crippen LogP contribution < -0.4 is 5.32 Å².